The third-order valence-corrected chi connectivity index (χ3v) is 6.34. The summed E-state index contributed by atoms with van der Waals surface area (Å²) in [5.41, 5.74) is 8.70. The molecule has 0 saturated heterocycles. The Hall–Kier alpha value is -3.84. The molecule has 164 valence electrons. The first kappa shape index (κ1) is 21.0. The van der Waals surface area contributed by atoms with Gasteiger partial charge in [-0.05, 0) is 29.8 Å². The number of aromatic nitrogens is 3. The van der Waals surface area contributed by atoms with Gasteiger partial charge in [0.2, 0.25) is 5.16 Å². The molecular formula is C26H23N5OS. The monoisotopic (exact) mass is 453 g/mol. The van der Waals surface area contributed by atoms with Gasteiger partial charge in [-0.25, -0.2) is 4.68 Å². The quantitative estimate of drug-likeness (QED) is 0.229. The van der Waals surface area contributed by atoms with Gasteiger partial charge in [-0.15, -0.1) is 10.2 Å². The Morgan fingerprint density at radius 3 is 2.21 bits per heavy atom. The summed E-state index contributed by atoms with van der Waals surface area (Å²) >= 11 is 1.61. The fourth-order valence-electron chi connectivity index (χ4n) is 3.55. The molecule has 6 nitrogen and oxygen atoms in total. The van der Waals surface area contributed by atoms with Crippen LogP contribution in [0.4, 0.5) is 0 Å². The van der Waals surface area contributed by atoms with Crippen LogP contribution in [0.25, 0.3) is 10.6 Å². The van der Waals surface area contributed by atoms with Gasteiger partial charge in [0.1, 0.15) is 6.61 Å². The number of benzene rings is 3. The van der Waals surface area contributed by atoms with Crippen LogP contribution in [0.3, 0.4) is 0 Å². The van der Waals surface area contributed by atoms with E-state index in [1.54, 1.807) is 11.8 Å². The molecule has 0 atom stereocenters. The van der Waals surface area contributed by atoms with E-state index in [1.165, 1.54) is 0 Å². The highest BCUT2D eigenvalue weighted by molar-refractivity contribution is 8.08. The second-order valence-electron chi connectivity index (χ2n) is 7.51. The molecule has 0 fully saturated rings. The largest absolute Gasteiger partial charge is 0.395 e. The Morgan fingerprint density at radius 2 is 1.52 bits per heavy atom. The highest BCUT2D eigenvalue weighted by Gasteiger charge is 2.25. The first-order valence-corrected chi connectivity index (χ1v) is 11.6. The number of nitrogens with zero attached hydrogens (tertiary/aromatic N) is 4. The number of hydrogen-bond acceptors (Lipinski definition) is 6. The van der Waals surface area contributed by atoms with Crippen LogP contribution in [0.1, 0.15) is 29.4 Å². The molecule has 1 N–H and O–H groups in total. The van der Waals surface area contributed by atoms with Crippen LogP contribution in [-0.2, 0) is 11.3 Å². The SMILES string of the molecule is C/C(=N\OCCc1nnc2n1NC(c1ccccc1)=C(c1ccccc1)S2)c1ccccc1. The van der Waals surface area contributed by atoms with Crippen LogP contribution in [0, 0.1) is 0 Å². The van der Waals surface area contributed by atoms with Gasteiger partial charge in [0.25, 0.3) is 0 Å². The van der Waals surface area contributed by atoms with E-state index < -0.39 is 0 Å². The number of fused-ring (bicyclic) bond motifs is 1. The predicted octanol–water partition coefficient (Wildman–Crippen LogP) is 5.44. The average molecular weight is 454 g/mol. The molecule has 1 aromatic heterocycles. The van der Waals surface area contributed by atoms with Crippen molar-refractivity contribution >= 4 is 28.1 Å². The summed E-state index contributed by atoms with van der Waals surface area (Å²) in [6.45, 7) is 2.35. The van der Waals surface area contributed by atoms with Gasteiger partial charge in [-0.1, -0.05) is 96.2 Å². The van der Waals surface area contributed by atoms with Crippen LogP contribution in [-0.4, -0.2) is 27.2 Å². The predicted molar refractivity (Wildman–Crippen MR) is 133 cm³/mol. The lowest BCUT2D eigenvalue weighted by atomic mass is 10.1. The summed E-state index contributed by atoms with van der Waals surface area (Å²) in [5, 5.41) is 13.9. The van der Waals surface area contributed by atoms with Crippen LogP contribution < -0.4 is 5.43 Å². The molecule has 7 heteroatoms. The topological polar surface area (TPSA) is 64.3 Å². The molecule has 0 bridgehead atoms. The number of rotatable bonds is 7. The van der Waals surface area contributed by atoms with Crippen LogP contribution in [0.5, 0.6) is 0 Å². The third kappa shape index (κ3) is 4.68. The van der Waals surface area contributed by atoms with Gasteiger partial charge in [0.15, 0.2) is 5.82 Å². The number of thioether (sulfide) groups is 1. The Balaban J connectivity index is 1.35. The summed E-state index contributed by atoms with van der Waals surface area (Å²) in [6, 6.07) is 30.6. The van der Waals surface area contributed by atoms with Crippen molar-refractivity contribution in [3.8, 4) is 0 Å². The van der Waals surface area contributed by atoms with E-state index in [0.29, 0.717) is 13.0 Å². The lowest BCUT2D eigenvalue weighted by Crippen LogP contribution is -2.22. The van der Waals surface area contributed by atoms with Crippen molar-refractivity contribution in [1.29, 1.82) is 0 Å². The second kappa shape index (κ2) is 9.75. The van der Waals surface area contributed by atoms with Crippen molar-refractivity contribution in [2.24, 2.45) is 5.16 Å². The molecule has 1 aliphatic rings. The summed E-state index contributed by atoms with van der Waals surface area (Å²) in [7, 11) is 0. The zero-order valence-corrected chi connectivity index (χ0v) is 19.0. The number of oxime groups is 1. The number of nitrogens with one attached hydrogen (secondary N) is 1. The van der Waals surface area contributed by atoms with Crippen LogP contribution in [0.2, 0.25) is 0 Å². The van der Waals surface area contributed by atoms with E-state index in [0.717, 1.165) is 44.0 Å². The Bertz CT molecular complexity index is 1280. The Kier molecular flexibility index (Phi) is 6.21. The van der Waals surface area contributed by atoms with Crippen molar-refractivity contribution in [2.45, 2.75) is 18.5 Å². The zero-order valence-electron chi connectivity index (χ0n) is 18.2. The molecule has 4 aromatic rings. The van der Waals surface area contributed by atoms with Gasteiger partial charge in [-0.2, -0.15) is 0 Å². The summed E-state index contributed by atoms with van der Waals surface area (Å²) in [6.07, 6.45) is 0.578. The standard InChI is InChI=1S/C26H23N5OS/c1-19(20-11-5-2-6-12-20)30-32-18-17-23-27-28-26-31(23)29-24(21-13-7-3-8-14-21)25(33-26)22-15-9-4-10-16-22/h2-16,29H,17-18H2,1H3/b30-19+. The lowest BCUT2D eigenvalue weighted by Gasteiger charge is -2.24. The minimum absolute atomic E-state index is 0.407. The van der Waals surface area contributed by atoms with E-state index in [-0.39, 0.29) is 0 Å². The maximum Gasteiger partial charge on any atom is 0.215 e. The van der Waals surface area contributed by atoms with Crippen molar-refractivity contribution in [3.63, 3.8) is 0 Å². The molecule has 0 spiro atoms. The van der Waals surface area contributed by atoms with E-state index in [2.05, 4.69) is 45.0 Å². The van der Waals surface area contributed by atoms with Gasteiger partial charge in [-0.3, -0.25) is 5.43 Å². The molecule has 0 aliphatic carbocycles. The molecule has 0 saturated carbocycles. The van der Waals surface area contributed by atoms with Crippen molar-refractivity contribution in [2.75, 3.05) is 12.0 Å². The maximum atomic E-state index is 5.58. The maximum absolute atomic E-state index is 5.58. The van der Waals surface area contributed by atoms with Crippen LogP contribution >= 0.6 is 11.8 Å². The highest BCUT2D eigenvalue weighted by atomic mass is 32.2. The summed E-state index contributed by atoms with van der Waals surface area (Å²) in [4.78, 5) is 6.69. The fourth-order valence-corrected chi connectivity index (χ4v) is 4.58. The molecule has 0 unspecified atom stereocenters. The minimum Gasteiger partial charge on any atom is -0.395 e. The molecule has 2 heterocycles. The molecule has 33 heavy (non-hydrogen) atoms. The average Bonchev–Trinajstić information content (AvgIpc) is 3.29. The third-order valence-electron chi connectivity index (χ3n) is 5.25. The van der Waals surface area contributed by atoms with E-state index >= 15 is 0 Å². The molecule has 0 amide bonds. The van der Waals surface area contributed by atoms with Crippen LogP contribution in [0.15, 0.2) is 101 Å². The number of hydrogen-bond donors (Lipinski definition) is 1. The normalized spacial score (nSPS) is 13.4. The second-order valence-corrected chi connectivity index (χ2v) is 8.49. The van der Waals surface area contributed by atoms with Gasteiger partial charge >= 0.3 is 0 Å². The van der Waals surface area contributed by atoms with Gasteiger partial charge in [0, 0.05) is 16.9 Å². The van der Waals surface area contributed by atoms with E-state index in [4.69, 9.17) is 4.84 Å². The fraction of sp³-hybridized carbons (Fsp3) is 0.115. The van der Waals surface area contributed by atoms with Crippen molar-refractivity contribution in [3.05, 3.63) is 114 Å². The zero-order chi connectivity index (χ0) is 22.5. The molecule has 0 radical (unpaired) electrons. The first-order chi connectivity index (χ1) is 16.3. The minimum atomic E-state index is 0.407. The smallest absolute Gasteiger partial charge is 0.215 e. The molecule has 3 aromatic carbocycles. The first-order valence-electron chi connectivity index (χ1n) is 10.8. The summed E-state index contributed by atoms with van der Waals surface area (Å²) < 4.78 is 1.94. The molecule has 1 aliphatic heterocycles. The highest BCUT2D eigenvalue weighted by Crippen LogP contribution is 2.41. The Morgan fingerprint density at radius 1 is 0.879 bits per heavy atom. The van der Waals surface area contributed by atoms with Crippen molar-refractivity contribution < 1.29 is 4.84 Å². The Labute approximate surface area is 197 Å². The van der Waals surface area contributed by atoms with E-state index in [9.17, 15) is 0 Å². The molecule has 5 rings (SSSR count). The van der Waals surface area contributed by atoms with Gasteiger partial charge < -0.3 is 4.84 Å². The van der Waals surface area contributed by atoms with Gasteiger partial charge in [0.05, 0.1) is 11.4 Å². The molecular weight excluding hydrogens is 430 g/mol. The summed E-state index contributed by atoms with van der Waals surface area (Å²) in [5.74, 6) is 0.797. The van der Waals surface area contributed by atoms with E-state index in [1.807, 2.05) is 78.3 Å². The van der Waals surface area contributed by atoms with Crippen molar-refractivity contribution in [1.82, 2.24) is 14.9 Å². The lowest BCUT2D eigenvalue weighted by molar-refractivity contribution is 0.145.